The van der Waals surface area contributed by atoms with Gasteiger partial charge in [0.25, 0.3) is 0 Å². The average molecular weight is 540 g/mol. The molecule has 3 heteroatoms. The summed E-state index contributed by atoms with van der Waals surface area (Å²) in [5.41, 5.74) is 3.49. The van der Waals surface area contributed by atoms with Gasteiger partial charge in [0.15, 0.2) is 0 Å². The van der Waals surface area contributed by atoms with Gasteiger partial charge >= 0.3 is 0 Å². The van der Waals surface area contributed by atoms with E-state index in [0.717, 1.165) is 11.4 Å². The summed E-state index contributed by atoms with van der Waals surface area (Å²) in [5, 5.41) is 11.2. The third kappa shape index (κ3) is 4.93. The molecule has 0 amide bonds. The van der Waals surface area contributed by atoms with Gasteiger partial charge in [-0.15, -0.1) is 0 Å². The van der Waals surface area contributed by atoms with Crippen LogP contribution in [0.1, 0.15) is 0 Å². The van der Waals surface area contributed by atoms with E-state index >= 15 is 0 Å². The highest BCUT2D eigenvalue weighted by Gasteiger charge is 2.28. The Morgan fingerprint density at radius 2 is 0.744 bits per heavy atom. The minimum absolute atomic E-state index is 1.16. The SMILES string of the molecule is C[Si](C)(C)c1cc2cc3cc4ccc(N(c5ccccc5)c5ccccc5)cc4cc3cc2cc1[Si](C)(C)C. The van der Waals surface area contributed by atoms with Crippen LogP contribution in [0.3, 0.4) is 0 Å². The van der Waals surface area contributed by atoms with Crippen LogP contribution in [0.25, 0.3) is 32.3 Å². The van der Waals surface area contributed by atoms with Gasteiger partial charge in [-0.05, 0) is 93.0 Å². The maximum Gasteiger partial charge on any atom is 0.0774 e. The van der Waals surface area contributed by atoms with Crippen LogP contribution < -0.4 is 15.3 Å². The molecule has 6 rings (SSSR count). The molecule has 0 spiro atoms. The Labute approximate surface area is 234 Å². The highest BCUT2D eigenvalue weighted by atomic mass is 28.3. The van der Waals surface area contributed by atoms with Gasteiger partial charge in [-0.2, -0.15) is 0 Å². The lowest BCUT2D eigenvalue weighted by Crippen LogP contribution is -2.56. The third-order valence-corrected chi connectivity index (χ3v) is 12.1. The molecule has 194 valence electrons. The highest BCUT2D eigenvalue weighted by molar-refractivity contribution is 6.98. The van der Waals surface area contributed by atoms with E-state index < -0.39 is 16.1 Å². The van der Waals surface area contributed by atoms with Crippen LogP contribution in [0, 0.1) is 0 Å². The summed E-state index contributed by atoms with van der Waals surface area (Å²) in [5.74, 6) is 0. The minimum atomic E-state index is -1.47. The van der Waals surface area contributed by atoms with Gasteiger partial charge < -0.3 is 4.90 Å². The van der Waals surface area contributed by atoms with Gasteiger partial charge in [0.2, 0.25) is 0 Å². The van der Waals surface area contributed by atoms with Gasteiger partial charge in [0.1, 0.15) is 0 Å². The van der Waals surface area contributed by atoms with Crippen LogP contribution in [-0.2, 0) is 0 Å². The second-order valence-electron chi connectivity index (χ2n) is 12.8. The first-order valence-corrected chi connectivity index (χ1v) is 20.9. The monoisotopic (exact) mass is 539 g/mol. The molecule has 0 radical (unpaired) electrons. The van der Waals surface area contributed by atoms with Crippen LogP contribution in [0.15, 0.2) is 115 Å². The van der Waals surface area contributed by atoms with Crippen molar-refractivity contribution >= 4 is 75.9 Å². The molecule has 0 aliphatic heterocycles. The normalized spacial score (nSPS) is 12.4. The van der Waals surface area contributed by atoms with Crippen molar-refractivity contribution in [3.63, 3.8) is 0 Å². The number of rotatable bonds is 5. The molecule has 0 unspecified atom stereocenters. The summed E-state index contributed by atoms with van der Waals surface area (Å²) >= 11 is 0. The van der Waals surface area contributed by atoms with Gasteiger partial charge in [-0.25, -0.2) is 0 Å². The molecule has 0 saturated carbocycles. The van der Waals surface area contributed by atoms with Gasteiger partial charge in [-0.3, -0.25) is 0 Å². The zero-order valence-corrected chi connectivity index (χ0v) is 25.9. The number of para-hydroxylation sites is 2. The lowest BCUT2D eigenvalue weighted by molar-refractivity contribution is 1.29. The quantitative estimate of drug-likeness (QED) is 0.156. The first-order valence-electron chi connectivity index (χ1n) is 13.9. The van der Waals surface area contributed by atoms with Crippen molar-refractivity contribution < 1.29 is 0 Å². The number of nitrogens with zero attached hydrogens (tertiary/aromatic N) is 1. The fourth-order valence-electron chi connectivity index (χ4n) is 5.77. The summed E-state index contributed by atoms with van der Waals surface area (Å²) in [6.45, 7) is 14.9. The predicted molar refractivity (Wildman–Crippen MR) is 180 cm³/mol. The molecule has 39 heavy (non-hydrogen) atoms. The van der Waals surface area contributed by atoms with Crippen LogP contribution in [0.5, 0.6) is 0 Å². The van der Waals surface area contributed by atoms with Gasteiger partial charge in [0, 0.05) is 17.1 Å². The van der Waals surface area contributed by atoms with Crippen molar-refractivity contribution in [2.45, 2.75) is 39.3 Å². The Hall–Kier alpha value is -3.67. The number of hydrogen-bond acceptors (Lipinski definition) is 1. The van der Waals surface area contributed by atoms with E-state index in [1.54, 1.807) is 10.4 Å². The topological polar surface area (TPSA) is 3.24 Å². The molecule has 0 atom stereocenters. The number of fused-ring (bicyclic) bond motifs is 3. The Morgan fingerprint density at radius 3 is 1.18 bits per heavy atom. The van der Waals surface area contributed by atoms with Gasteiger partial charge in [-0.1, -0.05) is 104 Å². The molecule has 0 fully saturated rings. The Bertz CT molecular complexity index is 1770. The van der Waals surface area contributed by atoms with Crippen LogP contribution in [0.4, 0.5) is 17.1 Å². The lowest BCUT2D eigenvalue weighted by atomic mass is 9.99. The molecule has 0 aliphatic carbocycles. The second-order valence-corrected chi connectivity index (χ2v) is 22.9. The zero-order valence-electron chi connectivity index (χ0n) is 23.9. The molecule has 0 N–H and O–H groups in total. The fraction of sp³-hybridized carbons (Fsp3) is 0.167. The molecule has 6 aromatic carbocycles. The average Bonchev–Trinajstić information content (AvgIpc) is 2.90. The molecule has 0 aromatic heterocycles. The van der Waals surface area contributed by atoms with Crippen LogP contribution >= 0.6 is 0 Å². The summed E-state index contributed by atoms with van der Waals surface area (Å²) in [6.07, 6.45) is 0. The van der Waals surface area contributed by atoms with Crippen molar-refractivity contribution in [1.29, 1.82) is 0 Å². The molecule has 0 saturated heterocycles. The predicted octanol–water partition coefficient (Wildman–Crippen LogP) is 9.71. The Kier molecular flexibility index (Phi) is 6.24. The smallest absolute Gasteiger partial charge is 0.0774 e. The molecular formula is C36H37NSi2. The minimum Gasteiger partial charge on any atom is -0.310 e. The highest BCUT2D eigenvalue weighted by Crippen LogP contribution is 2.37. The lowest BCUT2D eigenvalue weighted by Gasteiger charge is -2.28. The molecule has 0 bridgehead atoms. The van der Waals surface area contributed by atoms with E-state index in [-0.39, 0.29) is 0 Å². The maximum absolute atomic E-state index is 2.53. The molecule has 0 heterocycles. The van der Waals surface area contributed by atoms with Crippen molar-refractivity contribution in [3.8, 4) is 0 Å². The van der Waals surface area contributed by atoms with E-state index in [4.69, 9.17) is 0 Å². The number of benzene rings is 6. The Balaban J connectivity index is 1.53. The largest absolute Gasteiger partial charge is 0.310 e. The molecule has 1 nitrogen and oxygen atoms in total. The van der Waals surface area contributed by atoms with Crippen LogP contribution in [-0.4, -0.2) is 16.1 Å². The van der Waals surface area contributed by atoms with Gasteiger partial charge in [0.05, 0.1) is 16.1 Å². The fourth-order valence-corrected chi connectivity index (χ4v) is 11.0. The van der Waals surface area contributed by atoms with E-state index in [1.807, 2.05) is 0 Å². The standard InChI is InChI=1S/C36H37NSi2/c1-38(2,3)35-24-30-21-27-19-26-17-18-34(37(32-13-9-7-10-14-32)33-15-11-8-12-16-33)23-29(26)20-28(27)22-31(30)25-36(35)39(4,5)6/h7-25H,1-6H3. The van der Waals surface area contributed by atoms with E-state index in [1.165, 1.54) is 38.0 Å². The molecule has 6 aromatic rings. The van der Waals surface area contributed by atoms with Crippen molar-refractivity contribution in [2.24, 2.45) is 0 Å². The zero-order chi connectivity index (χ0) is 27.4. The second kappa shape index (κ2) is 9.51. The first-order chi connectivity index (χ1) is 18.6. The first kappa shape index (κ1) is 25.6. The summed E-state index contributed by atoms with van der Waals surface area (Å²) in [7, 11) is -2.93. The van der Waals surface area contributed by atoms with Crippen molar-refractivity contribution in [1.82, 2.24) is 0 Å². The van der Waals surface area contributed by atoms with E-state index in [2.05, 4.69) is 159 Å². The maximum atomic E-state index is 2.53. The summed E-state index contributed by atoms with van der Waals surface area (Å²) in [4.78, 5) is 2.34. The van der Waals surface area contributed by atoms with Crippen molar-refractivity contribution in [2.75, 3.05) is 4.90 Å². The van der Waals surface area contributed by atoms with E-state index in [0.29, 0.717) is 0 Å². The number of hydrogen-bond donors (Lipinski definition) is 0. The van der Waals surface area contributed by atoms with Crippen molar-refractivity contribution in [3.05, 3.63) is 115 Å². The van der Waals surface area contributed by atoms with E-state index in [9.17, 15) is 0 Å². The van der Waals surface area contributed by atoms with Crippen LogP contribution in [0.2, 0.25) is 39.3 Å². The summed E-state index contributed by atoms with van der Waals surface area (Å²) < 4.78 is 0. The molecular weight excluding hydrogens is 503 g/mol. The summed E-state index contributed by atoms with van der Waals surface area (Å²) in [6, 6.07) is 42.7. The molecule has 0 aliphatic rings. The number of anilines is 3. The third-order valence-electron chi connectivity index (χ3n) is 7.77. The Morgan fingerprint density at radius 1 is 0.359 bits per heavy atom.